The molecular weight excluding hydrogens is 466 g/mol. The van der Waals surface area contributed by atoms with Crippen LogP contribution in [0.5, 0.6) is 11.5 Å². The number of rotatable bonds is 7. The van der Waals surface area contributed by atoms with Crippen LogP contribution in [0.3, 0.4) is 0 Å². The number of likely N-dealkylation sites (N-methyl/N-ethyl adjacent to an activating group) is 1. The van der Waals surface area contributed by atoms with Crippen molar-refractivity contribution in [2.24, 2.45) is 5.10 Å². The number of benzene rings is 3. The van der Waals surface area contributed by atoms with E-state index >= 15 is 0 Å². The number of nitrogens with zero attached hydrogens (tertiary/aromatic N) is 3. The van der Waals surface area contributed by atoms with Crippen molar-refractivity contribution in [3.63, 3.8) is 0 Å². The van der Waals surface area contributed by atoms with Gasteiger partial charge in [-0.3, -0.25) is 9.59 Å². The van der Waals surface area contributed by atoms with E-state index in [0.717, 1.165) is 16.9 Å². The van der Waals surface area contributed by atoms with E-state index in [0.29, 0.717) is 28.5 Å². The number of halogens is 1. The second kappa shape index (κ2) is 10.6. The van der Waals surface area contributed by atoms with Gasteiger partial charge < -0.3 is 14.4 Å². The highest BCUT2D eigenvalue weighted by Crippen LogP contribution is 2.35. The van der Waals surface area contributed by atoms with E-state index in [-0.39, 0.29) is 24.4 Å². The second-order valence-corrected chi connectivity index (χ2v) is 8.55. The molecule has 1 aliphatic heterocycles. The predicted molar refractivity (Wildman–Crippen MR) is 135 cm³/mol. The Morgan fingerprint density at radius 3 is 2.17 bits per heavy atom. The molecule has 0 fully saturated rings. The zero-order valence-electron chi connectivity index (χ0n) is 19.8. The van der Waals surface area contributed by atoms with Crippen LogP contribution in [0, 0.1) is 0 Å². The van der Waals surface area contributed by atoms with Gasteiger partial charge in [-0.15, -0.1) is 0 Å². The van der Waals surface area contributed by atoms with Gasteiger partial charge in [-0.25, -0.2) is 5.01 Å². The summed E-state index contributed by atoms with van der Waals surface area (Å²) in [6, 6.07) is 21.4. The summed E-state index contributed by atoms with van der Waals surface area (Å²) in [5.41, 5.74) is 2.88. The molecule has 0 saturated heterocycles. The Hall–Kier alpha value is -3.84. The smallest absolute Gasteiger partial charge is 0.262 e. The molecule has 180 valence electrons. The number of methoxy groups -OCH3 is 2. The lowest BCUT2D eigenvalue weighted by Crippen LogP contribution is -2.39. The third-order valence-corrected chi connectivity index (χ3v) is 6.24. The van der Waals surface area contributed by atoms with Crippen LogP contribution >= 0.6 is 11.6 Å². The Labute approximate surface area is 209 Å². The van der Waals surface area contributed by atoms with Gasteiger partial charge in [0.1, 0.15) is 18.0 Å². The topological polar surface area (TPSA) is 71.4 Å². The maximum atomic E-state index is 13.4. The van der Waals surface area contributed by atoms with Gasteiger partial charge in [0.25, 0.3) is 11.8 Å². The first-order valence-electron chi connectivity index (χ1n) is 11.1. The van der Waals surface area contributed by atoms with Crippen LogP contribution in [-0.2, 0) is 4.79 Å². The average molecular weight is 492 g/mol. The standard InChI is InChI=1S/C27H26ClN3O4/c1-30(27(33)19-10-14-21(35-3)15-11-19)17-26(32)31-25(18-8-12-20(34-2)13-9-18)16-24(29-31)22-6-4-5-7-23(22)28/h4-15,25H,16-17H2,1-3H3. The molecule has 0 spiro atoms. The van der Waals surface area contributed by atoms with Gasteiger partial charge in [0, 0.05) is 29.6 Å². The van der Waals surface area contributed by atoms with Gasteiger partial charge in [-0.1, -0.05) is 41.9 Å². The molecule has 0 N–H and O–H groups in total. The Morgan fingerprint density at radius 1 is 0.971 bits per heavy atom. The summed E-state index contributed by atoms with van der Waals surface area (Å²) < 4.78 is 10.4. The third kappa shape index (κ3) is 5.30. The van der Waals surface area contributed by atoms with E-state index in [1.807, 2.05) is 42.5 Å². The summed E-state index contributed by atoms with van der Waals surface area (Å²) in [4.78, 5) is 27.7. The van der Waals surface area contributed by atoms with E-state index in [2.05, 4.69) is 5.10 Å². The maximum absolute atomic E-state index is 13.4. The lowest BCUT2D eigenvalue weighted by Gasteiger charge is -2.25. The first-order valence-corrected chi connectivity index (χ1v) is 11.5. The molecule has 1 heterocycles. The van der Waals surface area contributed by atoms with E-state index in [1.54, 1.807) is 51.6 Å². The van der Waals surface area contributed by atoms with E-state index in [1.165, 1.54) is 9.91 Å². The molecule has 0 aromatic heterocycles. The number of hydrogen-bond donors (Lipinski definition) is 0. The Morgan fingerprint density at radius 2 is 1.57 bits per heavy atom. The number of ether oxygens (including phenoxy) is 2. The van der Waals surface area contributed by atoms with Crippen molar-refractivity contribution in [1.29, 1.82) is 0 Å². The van der Waals surface area contributed by atoms with Gasteiger partial charge in [0.2, 0.25) is 0 Å². The fraction of sp³-hybridized carbons (Fsp3) is 0.222. The molecule has 7 nitrogen and oxygen atoms in total. The molecule has 0 radical (unpaired) electrons. The summed E-state index contributed by atoms with van der Waals surface area (Å²) >= 11 is 6.42. The highest BCUT2D eigenvalue weighted by molar-refractivity contribution is 6.34. The predicted octanol–water partition coefficient (Wildman–Crippen LogP) is 4.81. The van der Waals surface area contributed by atoms with Crippen LogP contribution in [0.1, 0.15) is 33.9 Å². The quantitative estimate of drug-likeness (QED) is 0.475. The maximum Gasteiger partial charge on any atom is 0.262 e. The number of carbonyl (C=O) groups is 2. The van der Waals surface area contributed by atoms with Gasteiger partial charge in [0.15, 0.2) is 0 Å². The van der Waals surface area contributed by atoms with Gasteiger partial charge >= 0.3 is 0 Å². The average Bonchev–Trinajstić information content (AvgIpc) is 3.34. The first kappa shape index (κ1) is 24.3. The van der Waals surface area contributed by atoms with Crippen molar-refractivity contribution in [3.05, 3.63) is 94.5 Å². The minimum atomic E-state index is -0.329. The van der Waals surface area contributed by atoms with Crippen molar-refractivity contribution in [2.75, 3.05) is 27.8 Å². The minimum absolute atomic E-state index is 0.128. The molecule has 1 aliphatic rings. The lowest BCUT2D eigenvalue weighted by molar-refractivity contribution is -0.133. The van der Waals surface area contributed by atoms with E-state index in [9.17, 15) is 9.59 Å². The number of carbonyl (C=O) groups excluding carboxylic acids is 2. The summed E-state index contributed by atoms with van der Waals surface area (Å²) in [7, 11) is 4.77. The molecule has 1 atom stereocenters. The van der Waals surface area contributed by atoms with Gasteiger partial charge in [-0.2, -0.15) is 5.10 Å². The molecule has 1 unspecified atom stereocenters. The largest absolute Gasteiger partial charge is 0.497 e. The zero-order chi connectivity index (χ0) is 24.9. The van der Waals surface area contributed by atoms with Crippen molar-refractivity contribution in [2.45, 2.75) is 12.5 Å². The Bertz CT molecular complexity index is 1240. The Kier molecular flexibility index (Phi) is 7.36. The fourth-order valence-electron chi connectivity index (χ4n) is 3.99. The third-order valence-electron chi connectivity index (χ3n) is 5.91. The molecule has 3 aromatic rings. The number of amides is 2. The molecule has 0 aliphatic carbocycles. The van der Waals surface area contributed by atoms with Crippen LogP contribution in [0.25, 0.3) is 0 Å². The van der Waals surface area contributed by atoms with Gasteiger partial charge in [-0.05, 0) is 48.0 Å². The van der Waals surface area contributed by atoms with Crippen LogP contribution in [-0.4, -0.2) is 55.2 Å². The summed E-state index contributed by atoms with van der Waals surface area (Å²) in [5, 5.41) is 6.68. The minimum Gasteiger partial charge on any atom is -0.497 e. The van der Waals surface area contributed by atoms with Crippen molar-refractivity contribution < 1.29 is 19.1 Å². The van der Waals surface area contributed by atoms with Crippen LogP contribution in [0.15, 0.2) is 77.9 Å². The highest BCUT2D eigenvalue weighted by Gasteiger charge is 2.34. The molecule has 3 aromatic carbocycles. The summed E-state index contributed by atoms with van der Waals surface area (Å²) in [5.74, 6) is 0.816. The van der Waals surface area contributed by atoms with Crippen molar-refractivity contribution in [1.82, 2.24) is 9.91 Å². The SMILES string of the molecule is COc1ccc(C(=O)N(C)CC(=O)N2N=C(c3ccccc3Cl)CC2c2ccc(OC)cc2)cc1. The van der Waals surface area contributed by atoms with Crippen LogP contribution in [0.2, 0.25) is 5.02 Å². The van der Waals surface area contributed by atoms with Gasteiger partial charge in [0.05, 0.1) is 26.0 Å². The molecule has 2 amide bonds. The Balaban J connectivity index is 1.58. The zero-order valence-corrected chi connectivity index (χ0v) is 20.5. The monoisotopic (exact) mass is 491 g/mol. The van der Waals surface area contributed by atoms with Crippen molar-refractivity contribution >= 4 is 29.1 Å². The van der Waals surface area contributed by atoms with E-state index < -0.39 is 0 Å². The van der Waals surface area contributed by atoms with Crippen LogP contribution in [0.4, 0.5) is 0 Å². The molecular formula is C27H26ClN3O4. The second-order valence-electron chi connectivity index (χ2n) is 8.15. The summed E-state index contributed by atoms with van der Waals surface area (Å²) in [6.07, 6.45) is 0.498. The lowest BCUT2D eigenvalue weighted by atomic mass is 9.98. The normalized spacial score (nSPS) is 14.9. The summed E-state index contributed by atoms with van der Waals surface area (Å²) in [6.45, 7) is -0.128. The van der Waals surface area contributed by atoms with Crippen LogP contribution < -0.4 is 9.47 Å². The molecule has 35 heavy (non-hydrogen) atoms. The highest BCUT2D eigenvalue weighted by atomic mass is 35.5. The molecule has 4 rings (SSSR count). The number of hydrazone groups is 1. The van der Waals surface area contributed by atoms with E-state index in [4.69, 9.17) is 21.1 Å². The molecule has 0 saturated carbocycles. The van der Waals surface area contributed by atoms with Crippen molar-refractivity contribution in [3.8, 4) is 11.5 Å². The molecule has 0 bridgehead atoms. The first-order chi connectivity index (χ1) is 16.9. The number of hydrogen-bond acceptors (Lipinski definition) is 5. The molecule has 8 heteroatoms. The fourth-order valence-corrected chi connectivity index (χ4v) is 4.23.